The Morgan fingerprint density at radius 3 is 2.73 bits per heavy atom. The third kappa shape index (κ3) is 2.15. The molecule has 0 radical (unpaired) electrons. The van der Waals surface area contributed by atoms with Gasteiger partial charge < -0.3 is 10.3 Å². The van der Waals surface area contributed by atoms with Gasteiger partial charge in [0.05, 0.1) is 6.10 Å². The van der Waals surface area contributed by atoms with E-state index in [0.717, 1.165) is 12.8 Å². The fraction of sp³-hybridized carbons (Fsp3) is 1.00. The molecular weight excluding hydrogens is 142 g/mol. The van der Waals surface area contributed by atoms with Crippen LogP contribution in [0.25, 0.3) is 0 Å². The van der Waals surface area contributed by atoms with Crippen LogP contribution in [0.4, 0.5) is 0 Å². The molecule has 66 valence electrons. The highest BCUT2D eigenvalue weighted by atomic mass is 16.5. The van der Waals surface area contributed by atoms with Crippen LogP contribution in [0.1, 0.15) is 33.1 Å². The number of aliphatic hydroxyl groups is 1. The molecule has 1 unspecified atom stereocenters. The zero-order chi connectivity index (χ0) is 8.48. The van der Waals surface area contributed by atoms with E-state index < -0.39 is 0 Å². The monoisotopic (exact) mass is 159 g/mol. The van der Waals surface area contributed by atoms with Gasteiger partial charge in [-0.3, -0.25) is 0 Å². The predicted octanol–water partition coefficient (Wildman–Crippen LogP) is 1.00. The average Bonchev–Trinajstić information content (AvgIpc) is 1.93. The topological polar surface area (TPSA) is 43.7 Å². The molecule has 1 aliphatic heterocycles. The van der Waals surface area contributed by atoms with Crippen LogP contribution in [0.2, 0.25) is 0 Å². The molecule has 1 fully saturated rings. The highest BCUT2D eigenvalue weighted by Gasteiger charge is 2.30. The summed E-state index contributed by atoms with van der Waals surface area (Å²) >= 11 is 0. The highest BCUT2D eigenvalue weighted by Crippen LogP contribution is 2.24. The second-order valence-electron chi connectivity index (χ2n) is 3.94. The Morgan fingerprint density at radius 2 is 2.09 bits per heavy atom. The number of hydrogen-bond donors (Lipinski definition) is 2. The van der Waals surface area contributed by atoms with Crippen LogP contribution in [-0.4, -0.2) is 33.6 Å². The molecule has 1 rings (SSSR count). The molecule has 3 heteroatoms. The molecule has 0 amide bonds. The van der Waals surface area contributed by atoms with E-state index in [1.807, 2.05) is 13.8 Å². The SMILES string of the molecule is CC1(C)CC(O)CCCN1O. The third-order valence-electron chi connectivity index (χ3n) is 2.34. The van der Waals surface area contributed by atoms with E-state index in [1.54, 1.807) is 0 Å². The molecule has 0 saturated carbocycles. The third-order valence-corrected chi connectivity index (χ3v) is 2.34. The van der Waals surface area contributed by atoms with Crippen molar-refractivity contribution in [3.63, 3.8) is 0 Å². The number of hydroxylamine groups is 2. The Bertz CT molecular complexity index is 136. The first-order valence-electron chi connectivity index (χ1n) is 4.17. The van der Waals surface area contributed by atoms with Crippen molar-refractivity contribution in [3.05, 3.63) is 0 Å². The lowest BCUT2D eigenvalue weighted by Crippen LogP contribution is -2.42. The minimum atomic E-state index is -0.268. The van der Waals surface area contributed by atoms with Gasteiger partial charge in [-0.05, 0) is 33.1 Å². The van der Waals surface area contributed by atoms with Crippen LogP contribution in [-0.2, 0) is 0 Å². The standard InChI is InChI=1S/C8H17NO2/c1-8(2)6-7(10)4-3-5-9(8)11/h7,10-11H,3-6H2,1-2H3. The maximum absolute atomic E-state index is 9.46. The summed E-state index contributed by atoms with van der Waals surface area (Å²) in [5.41, 5.74) is -0.268. The molecule has 1 heterocycles. The summed E-state index contributed by atoms with van der Waals surface area (Å²) in [6.07, 6.45) is 2.09. The van der Waals surface area contributed by atoms with Gasteiger partial charge in [0.1, 0.15) is 0 Å². The minimum absolute atomic E-state index is 0.248. The van der Waals surface area contributed by atoms with Gasteiger partial charge in [-0.25, -0.2) is 0 Å². The first-order valence-corrected chi connectivity index (χ1v) is 4.17. The molecular formula is C8H17NO2. The van der Waals surface area contributed by atoms with Gasteiger partial charge in [0.15, 0.2) is 0 Å². The van der Waals surface area contributed by atoms with Crippen LogP contribution in [0, 0.1) is 0 Å². The molecule has 3 nitrogen and oxygen atoms in total. The first-order chi connectivity index (χ1) is 5.02. The van der Waals surface area contributed by atoms with Crippen molar-refractivity contribution in [1.82, 2.24) is 5.06 Å². The van der Waals surface area contributed by atoms with Crippen LogP contribution in [0.5, 0.6) is 0 Å². The van der Waals surface area contributed by atoms with Crippen LogP contribution in [0.15, 0.2) is 0 Å². The normalized spacial score (nSPS) is 33.3. The molecule has 1 saturated heterocycles. The van der Waals surface area contributed by atoms with E-state index in [9.17, 15) is 10.3 Å². The van der Waals surface area contributed by atoms with Crippen molar-refractivity contribution in [1.29, 1.82) is 0 Å². The molecule has 0 aromatic carbocycles. The van der Waals surface area contributed by atoms with Crippen molar-refractivity contribution < 1.29 is 10.3 Å². The zero-order valence-electron chi connectivity index (χ0n) is 7.25. The Kier molecular flexibility index (Phi) is 2.52. The summed E-state index contributed by atoms with van der Waals surface area (Å²) in [4.78, 5) is 0. The zero-order valence-corrected chi connectivity index (χ0v) is 7.25. The summed E-state index contributed by atoms with van der Waals surface area (Å²) in [5, 5.41) is 20.2. The Hall–Kier alpha value is -0.120. The molecule has 11 heavy (non-hydrogen) atoms. The van der Waals surface area contributed by atoms with Crippen molar-refractivity contribution in [3.8, 4) is 0 Å². The van der Waals surface area contributed by atoms with E-state index in [4.69, 9.17) is 0 Å². The van der Waals surface area contributed by atoms with Crippen LogP contribution < -0.4 is 0 Å². The van der Waals surface area contributed by atoms with Gasteiger partial charge in [0.25, 0.3) is 0 Å². The molecule has 0 bridgehead atoms. The quantitative estimate of drug-likeness (QED) is 0.554. The summed E-state index contributed by atoms with van der Waals surface area (Å²) in [6.45, 7) is 4.56. The van der Waals surface area contributed by atoms with E-state index >= 15 is 0 Å². The molecule has 1 aliphatic rings. The van der Waals surface area contributed by atoms with Crippen molar-refractivity contribution in [2.45, 2.75) is 44.8 Å². The fourth-order valence-corrected chi connectivity index (χ4v) is 1.56. The van der Waals surface area contributed by atoms with Crippen LogP contribution >= 0.6 is 0 Å². The molecule has 0 aromatic heterocycles. The maximum atomic E-state index is 9.46. The molecule has 0 spiro atoms. The summed E-state index contributed by atoms with van der Waals surface area (Å²) in [7, 11) is 0. The Labute approximate surface area is 67.6 Å². The Balaban J connectivity index is 2.60. The van der Waals surface area contributed by atoms with Gasteiger partial charge in [0, 0.05) is 12.1 Å². The number of rotatable bonds is 0. The lowest BCUT2D eigenvalue weighted by molar-refractivity contribution is -0.163. The average molecular weight is 159 g/mol. The highest BCUT2D eigenvalue weighted by molar-refractivity contribution is 4.82. The van der Waals surface area contributed by atoms with E-state index in [1.165, 1.54) is 5.06 Å². The second kappa shape index (κ2) is 3.09. The maximum Gasteiger partial charge on any atom is 0.0559 e. The van der Waals surface area contributed by atoms with Crippen molar-refractivity contribution >= 4 is 0 Å². The molecule has 1 atom stereocenters. The number of hydrogen-bond acceptors (Lipinski definition) is 3. The lowest BCUT2D eigenvalue weighted by atomic mass is 9.97. The van der Waals surface area contributed by atoms with Gasteiger partial charge in [-0.1, -0.05) is 0 Å². The van der Waals surface area contributed by atoms with Gasteiger partial charge >= 0.3 is 0 Å². The van der Waals surface area contributed by atoms with Crippen LogP contribution in [0.3, 0.4) is 0 Å². The smallest absolute Gasteiger partial charge is 0.0559 e. The molecule has 2 N–H and O–H groups in total. The summed E-state index contributed by atoms with van der Waals surface area (Å²) < 4.78 is 0. The molecule has 0 aliphatic carbocycles. The second-order valence-corrected chi connectivity index (χ2v) is 3.94. The van der Waals surface area contributed by atoms with E-state index in [-0.39, 0.29) is 11.6 Å². The number of nitrogens with zero attached hydrogens (tertiary/aromatic N) is 1. The van der Waals surface area contributed by atoms with Crippen molar-refractivity contribution in [2.24, 2.45) is 0 Å². The van der Waals surface area contributed by atoms with E-state index in [0.29, 0.717) is 13.0 Å². The Morgan fingerprint density at radius 1 is 1.45 bits per heavy atom. The summed E-state index contributed by atoms with van der Waals surface area (Å²) in [6, 6.07) is 0. The fourth-order valence-electron chi connectivity index (χ4n) is 1.56. The largest absolute Gasteiger partial charge is 0.393 e. The molecule has 0 aromatic rings. The lowest BCUT2D eigenvalue weighted by Gasteiger charge is -2.32. The summed E-state index contributed by atoms with van der Waals surface area (Å²) in [5.74, 6) is 0. The van der Waals surface area contributed by atoms with Gasteiger partial charge in [0.2, 0.25) is 0 Å². The van der Waals surface area contributed by atoms with Gasteiger partial charge in [-0.2, -0.15) is 5.06 Å². The minimum Gasteiger partial charge on any atom is -0.393 e. The number of aliphatic hydroxyl groups excluding tert-OH is 1. The van der Waals surface area contributed by atoms with Gasteiger partial charge in [-0.15, -0.1) is 0 Å². The van der Waals surface area contributed by atoms with Crippen molar-refractivity contribution in [2.75, 3.05) is 6.54 Å². The predicted molar refractivity (Wildman–Crippen MR) is 42.4 cm³/mol. The van der Waals surface area contributed by atoms with E-state index in [2.05, 4.69) is 0 Å². The first kappa shape index (κ1) is 8.97.